The van der Waals surface area contributed by atoms with Crippen LogP contribution in [0.25, 0.3) is 0 Å². The summed E-state index contributed by atoms with van der Waals surface area (Å²) in [5.74, 6) is -0.667. The Morgan fingerprint density at radius 2 is 2.00 bits per heavy atom. The summed E-state index contributed by atoms with van der Waals surface area (Å²) >= 11 is 0. The van der Waals surface area contributed by atoms with Crippen LogP contribution in [-0.4, -0.2) is 25.6 Å². The third kappa shape index (κ3) is 4.68. The van der Waals surface area contributed by atoms with Gasteiger partial charge in [-0.15, -0.1) is 0 Å². The van der Waals surface area contributed by atoms with Crippen molar-refractivity contribution in [3.63, 3.8) is 0 Å². The molecule has 28 heavy (non-hydrogen) atoms. The van der Waals surface area contributed by atoms with Gasteiger partial charge in [0.05, 0.1) is 26.2 Å². The monoisotopic (exact) mass is 385 g/mol. The molecule has 0 spiro atoms. The van der Waals surface area contributed by atoms with E-state index < -0.39 is 12.0 Å². The fourth-order valence-electron chi connectivity index (χ4n) is 3.38. The van der Waals surface area contributed by atoms with Crippen molar-refractivity contribution in [2.45, 2.75) is 31.7 Å². The highest BCUT2D eigenvalue weighted by Gasteiger charge is 2.45. The second-order valence-corrected chi connectivity index (χ2v) is 6.82. The van der Waals surface area contributed by atoms with E-state index >= 15 is 0 Å². The van der Waals surface area contributed by atoms with Gasteiger partial charge in [0.2, 0.25) is 5.91 Å². The second-order valence-electron chi connectivity index (χ2n) is 6.82. The first-order valence-corrected chi connectivity index (χ1v) is 9.37. The zero-order valence-corrected chi connectivity index (χ0v) is 16.0. The Bertz CT molecular complexity index is 854. The van der Waals surface area contributed by atoms with Crippen molar-refractivity contribution >= 4 is 11.9 Å². The Morgan fingerprint density at radius 1 is 1.21 bits per heavy atom. The minimum atomic E-state index is -0.538. The molecule has 148 valence electrons. The zero-order chi connectivity index (χ0) is 20.1. The first-order valence-electron chi connectivity index (χ1n) is 9.37. The number of benzene rings is 2. The molecule has 1 aliphatic rings. The van der Waals surface area contributed by atoms with Crippen molar-refractivity contribution in [3.05, 3.63) is 65.5 Å². The molecule has 1 amide bonds. The minimum Gasteiger partial charge on any atom is -0.497 e. The van der Waals surface area contributed by atoms with E-state index in [0.717, 1.165) is 5.56 Å². The van der Waals surface area contributed by atoms with Crippen LogP contribution < -0.4 is 10.1 Å². The predicted molar refractivity (Wildman–Crippen MR) is 102 cm³/mol. The Balaban J connectivity index is 1.73. The van der Waals surface area contributed by atoms with Crippen molar-refractivity contribution in [2.75, 3.05) is 13.7 Å². The number of hydrogen-bond acceptors (Lipinski definition) is 4. The maximum absolute atomic E-state index is 14.0. The molecule has 0 saturated heterocycles. The van der Waals surface area contributed by atoms with Crippen molar-refractivity contribution in [3.8, 4) is 5.75 Å². The lowest BCUT2D eigenvalue weighted by atomic mass is 10.0. The van der Waals surface area contributed by atoms with Crippen LogP contribution in [-0.2, 0) is 14.3 Å². The van der Waals surface area contributed by atoms with Crippen LogP contribution in [0.4, 0.5) is 4.39 Å². The van der Waals surface area contributed by atoms with Gasteiger partial charge in [-0.2, -0.15) is 0 Å². The van der Waals surface area contributed by atoms with Gasteiger partial charge >= 0.3 is 5.97 Å². The topological polar surface area (TPSA) is 64.6 Å². The summed E-state index contributed by atoms with van der Waals surface area (Å²) in [7, 11) is 1.56. The van der Waals surface area contributed by atoms with Gasteiger partial charge in [0.1, 0.15) is 11.6 Å². The number of amides is 1. The smallest absolute Gasteiger partial charge is 0.308 e. The Morgan fingerprint density at radius 3 is 2.71 bits per heavy atom. The van der Waals surface area contributed by atoms with Gasteiger partial charge in [0.25, 0.3) is 0 Å². The number of carbonyl (C=O) groups excluding carboxylic acids is 2. The van der Waals surface area contributed by atoms with Crippen LogP contribution >= 0.6 is 0 Å². The number of methoxy groups -OCH3 is 1. The number of carbonyl (C=O) groups is 2. The molecule has 1 aliphatic carbocycles. The molecule has 0 heterocycles. The SMILES string of the molecule is CCOC(=O)CC(NC(=O)C1CC1c1ccccc1F)c1cccc(OC)c1. The lowest BCUT2D eigenvalue weighted by Crippen LogP contribution is -2.32. The fraction of sp³-hybridized carbons (Fsp3) is 0.364. The van der Waals surface area contributed by atoms with Crippen molar-refractivity contribution < 1.29 is 23.5 Å². The predicted octanol–water partition coefficient (Wildman–Crippen LogP) is 3.75. The van der Waals surface area contributed by atoms with Crippen LogP contribution in [0.15, 0.2) is 48.5 Å². The molecule has 0 aliphatic heterocycles. The molecule has 5 nitrogen and oxygen atoms in total. The third-order valence-corrected chi connectivity index (χ3v) is 4.92. The molecule has 3 atom stereocenters. The van der Waals surface area contributed by atoms with E-state index in [4.69, 9.17) is 9.47 Å². The summed E-state index contributed by atoms with van der Waals surface area (Å²) in [5, 5.41) is 2.94. The summed E-state index contributed by atoms with van der Waals surface area (Å²) in [4.78, 5) is 24.8. The molecule has 6 heteroatoms. The lowest BCUT2D eigenvalue weighted by molar-refractivity contribution is -0.143. The lowest BCUT2D eigenvalue weighted by Gasteiger charge is -2.19. The summed E-state index contributed by atoms with van der Waals surface area (Å²) in [6, 6.07) is 13.2. The first-order chi connectivity index (χ1) is 13.5. The summed E-state index contributed by atoms with van der Waals surface area (Å²) < 4.78 is 24.3. The van der Waals surface area contributed by atoms with E-state index in [2.05, 4.69) is 5.32 Å². The first kappa shape index (κ1) is 19.9. The van der Waals surface area contributed by atoms with Crippen molar-refractivity contribution in [1.29, 1.82) is 0 Å². The normalized spacial score (nSPS) is 18.8. The molecule has 3 unspecified atom stereocenters. The summed E-state index contributed by atoms with van der Waals surface area (Å²) in [6.07, 6.45) is 0.612. The van der Waals surface area contributed by atoms with Gasteiger partial charge in [-0.05, 0) is 48.6 Å². The number of rotatable bonds is 8. The number of halogens is 1. The van der Waals surface area contributed by atoms with E-state index in [1.807, 2.05) is 6.07 Å². The highest BCUT2D eigenvalue weighted by Crippen LogP contribution is 2.48. The van der Waals surface area contributed by atoms with Crippen LogP contribution in [0.5, 0.6) is 5.75 Å². The quantitative estimate of drug-likeness (QED) is 0.703. The average molecular weight is 385 g/mol. The van der Waals surface area contributed by atoms with Gasteiger partial charge in [0, 0.05) is 5.92 Å². The van der Waals surface area contributed by atoms with E-state index in [9.17, 15) is 14.0 Å². The largest absolute Gasteiger partial charge is 0.497 e. The van der Waals surface area contributed by atoms with Crippen LogP contribution in [0, 0.1) is 11.7 Å². The zero-order valence-electron chi connectivity index (χ0n) is 16.0. The molecule has 0 bridgehead atoms. The molecule has 3 rings (SSSR count). The number of esters is 1. The van der Waals surface area contributed by atoms with Crippen LogP contribution in [0.3, 0.4) is 0 Å². The van der Waals surface area contributed by atoms with Crippen molar-refractivity contribution in [1.82, 2.24) is 5.32 Å². The van der Waals surface area contributed by atoms with Gasteiger partial charge in [-0.1, -0.05) is 30.3 Å². The maximum Gasteiger partial charge on any atom is 0.308 e. The molecule has 2 aromatic rings. The molecule has 1 fully saturated rings. The van der Waals surface area contributed by atoms with Gasteiger partial charge in [-0.25, -0.2) is 4.39 Å². The molecular formula is C22H24FNO4. The van der Waals surface area contributed by atoms with E-state index in [0.29, 0.717) is 17.7 Å². The average Bonchev–Trinajstić information content (AvgIpc) is 3.49. The van der Waals surface area contributed by atoms with Gasteiger partial charge in [-0.3, -0.25) is 9.59 Å². The fourth-order valence-corrected chi connectivity index (χ4v) is 3.38. The Kier molecular flexibility index (Phi) is 6.29. The van der Waals surface area contributed by atoms with E-state index in [1.54, 1.807) is 50.4 Å². The number of ether oxygens (including phenoxy) is 2. The van der Waals surface area contributed by atoms with Gasteiger partial charge in [0.15, 0.2) is 0 Å². The number of hydrogen-bond donors (Lipinski definition) is 1. The van der Waals surface area contributed by atoms with Gasteiger partial charge < -0.3 is 14.8 Å². The van der Waals surface area contributed by atoms with E-state index in [-0.39, 0.29) is 36.6 Å². The highest BCUT2D eigenvalue weighted by atomic mass is 19.1. The van der Waals surface area contributed by atoms with E-state index in [1.165, 1.54) is 6.07 Å². The van der Waals surface area contributed by atoms with Crippen LogP contribution in [0.1, 0.15) is 42.9 Å². The molecule has 1 N–H and O–H groups in total. The molecule has 1 saturated carbocycles. The second kappa shape index (κ2) is 8.87. The number of nitrogens with one attached hydrogen (secondary N) is 1. The minimum absolute atomic E-state index is 0.0177. The molecule has 0 aromatic heterocycles. The highest BCUT2D eigenvalue weighted by molar-refractivity contribution is 5.84. The summed E-state index contributed by atoms with van der Waals surface area (Å²) in [5.41, 5.74) is 1.31. The molecular weight excluding hydrogens is 361 g/mol. The summed E-state index contributed by atoms with van der Waals surface area (Å²) in [6.45, 7) is 2.01. The maximum atomic E-state index is 14.0. The molecule has 2 aromatic carbocycles. The molecule has 0 radical (unpaired) electrons. The Hall–Kier alpha value is -2.89. The Labute approximate surface area is 163 Å². The van der Waals surface area contributed by atoms with Crippen LogP contribution in [0.2, 0.25) is 0 Å². The standard InChI is InChI=1S/C22H24FNO4/c1-3-28-21(25)13-20(14-7-6-8-15(11-14)27-2)24-22(26)18-12-17(18)16-9-4-5-10-19(16)23/h4-11,17-18,20H,3,12-13H2,1-2H3,(H,24,26). The third-order valence-electron chi connectivity index (χ3n) is 4.92. The van der Waals surface area contributed by atoms with Crippen molar-refractivity contribution in [2.24, 2.45) is 5.92 Å².